The number of aliphatic carboxylic acids is 1. The number of carbonyl (C=O) groups excluding carboxylic acids is 1. The van der Waals surface area contributed by atoms with Crippen LogP contribution in [0.1, 0.15) is 48.3 Å². The van der Waals surface area contributed by atoms with Crippen LogP contribution in [0.3, 0.4) is 0 Å². The van der Waals surface area contributed by atoms with Crippen LogP contribution in [0.15, 0.2) is 36.5 Å². The normalized spacial score (nSPS) is 11.9. The highest BCUT2D eigenvalue weighted by molar-refractivity contribution is 5.95. The molecular weight excluding hydrogens is 318 g/mol. The summed E-state index contributed by atoms with van der Waals surface area (Å²) < 4.78 is 1.82. The van der Waals surface area contributed by atoms with E-state index in [2.05, 4.69) is 10.4 Å². The topological polar surface area (TPSA) is 84.2 Å². The van der Waals surface area contributed by atoms with Gasteiger partial charge in [0.05, 0.1) is 29.9 Å². The van der Waals surface area contributed by atoms with Gasteiger partial charge in [0.25, 0.3) is 5.91 Å². The van der Waals surface area contributed by atoms with E-state index in [1.165, 1.54) is 0 Å². The Balaban J connectivity index is 2.08. The fourth-order valence-corrected chi connectivity index (χ4v) is 2.84. The first-order valence-corrected chi connectivity index (χ1v) is 8.66. The molecule has 2 rings (SSSR count). The van der Waals surface area contributed by atoms with E-state index >= 15 is 0 Å². The molecule has 0 aliphatic carbocycles. The number of amides is 1. The van der Waals surface area contributed by atoms with Crippen LogP contribution in [0.4, 0.5) is 0 Å². The first-order valence-electron chi connectivity index (χ1n) is 8.66. The van der Waals surface area contributed by atoms with Gasteiger partial charge in [-0.25, -0.2) is 0 Å². The van der Waals surface area contributed by atoms with Crippen LogP contribution in [0, 0.1) is 5.92 Å². The maximum absolute atomic E-state index is 12.5. The van der Waals surface area contributed by atoms with Crippen molar-refractivity contribution in [2.24, 2.45) is 5.92 Å². The van der Waals surface area contributed by atoms with Crippen LogP contribution in [0.25, 0.3) is 0 Å². The lowest BCUT2D eigenvalue weighted by molar-refractivity contribution is -0.141. The highest BCUT2D eigenvalue weighted by Crippen LogP contribution is 2.13. The summed E-state index contributed by atoms with van der Waals surface area (Å²) >= 11 is 0. The number of hydrogen-bond acceptors (Lipinski definition) is 3. The van der Waals surface area contributed by atoms with E-state index in [9.17, 15) is 14.7 Å². The second-order valence-corrected chi connectivity index (χ2v) is 6.04. The molecule has 6 heteroatoms. The molecule has 0 radical (unpaired) electrons. The first kappa shape index (κ1) is 18.7. The Morgan fingerprint density at radius 1 is 1.24 bits per heavy atom. The molecule has 0 aliphatic rings. The van der Waals surface area contributed by atoms with Gasteiger partial charge in [-0.3, -0.25) is 14.3 Å². The average Bonchev–Trinajstić information content (AvgIpc) is 3.01. The fourth-order valence-electron chi connectivity index (χ4n) is 2.84. The summed E-state index contributed by atoms with van der Waals surface area (Å²) in [6, 6.07) is 9.93. The molecule has 1 heterocycles. The highest BCUT2D eigenvalue weighted by atomic mass is 16.4. The molecule has 0 bridgehead atoms. The zero-order valence-corrected chi connectivity index (χ0v) is 14.7. The van der Waals surface area contributed by atoms with Crippen molar-refractivity contribution >= 4 is 11.9 Å². The number of nitrogens with zero attached hydrogens (tertiary/aromatic N) is 2. The predicted octanol–water partition coefficient (Wildman–Crippen LogP) is 2.72. The summed E-state index contributed by atoms with van der Waals surface area (Å²) in [6.45, 7) is 4.65. The highest BCUT2D eigenvalue weighted by Gasteiger charge is 2.20. The SMILES string of the molecule is CCCC(CNC(=O)c1cnn(Cc2ccccc2)c1CC)C(=O)O. The summed E-state index contributed by atoms with van der Waals surface area (Å²) in [5.74, 6) is -1.70. The maximum Gasteiger partial charge on any atom is 0.308 e. The minimum absolute atomic E-state index is 0.134. The molecule has 2 N–H and O–H groups in total. The molecule has 0 saturated heterocycles. The fraction of sp³-hybridized carbons (Fsp3) is 0.421. The van der Waals surface area contributed by atoms with Crippen LogP contribution < -0.4 is 5.32 Å². The summed E-state index contributed by atoms with van der Waals surface area (Å²) in [7, 11) is 0. The van der Waals surface area contributed by atoms with Gasteiger partial charge in [-0.1, -0.05) is 50.6 Å². The van der Waals surface area contributed by atoms with Gasteiger partial charge < -0.3 is 10.4 Å². The Hall–Kier alpha value is -2.63. The van der Waals surface area contributed by atoms with Gasteiger partial charge in [0.2, 0.25) is 0 Å². The lowest BCUT2D eigenvalue weighted by atomic mass is 10.0. The standard InChI is InChI=1S/C19H25N3O3/c1-3-8-15(19(24)25)11-20-18(23)16-12-21-22(17(16)4-2)13-14-9-6-5-7-10-14/h5-7,9-10,12,15H,3-4,8,11,13H2,1-2H3,(H,20,23)(H,24,25). The molecule has 2 aromatic rings. The van der Waals surface area contributed by atoms with E-state index in [4.69, 9.17) is 0 Å². The van der Waals surface area contributed by atoms with Gasteiger partial charge >= 0.3 is 5.97 Å². The van der Waals surface area contributed by atoms with E-state index in [-0.39, 0.29) is 12.5 Å². The Bertz CT molecular complexity index is 710. The second-order valence-electron chi connectivity index (χ2n) is 6.04. The number of carboxylic acid groups (broad SMARTS) is 1. The third-order valence-corrected chi connectivity index (χ3v) is 4.20. The molecule has 0 spiro atoms. The van der Waals surface area contributed by atoms with E-state index < -0.39 is 11.9 Å². The molecule has 25 heavy (non-hydrogen) atoms. The van der Waals surface area contributed by atoms with Gasteiger partial charge in [-0.05, 0) is 18.4 Å². The van der Waals surface area contributed by atoms with E-state index in [0.29, 0.717) is 24.9 Å². The number of carbonyl (C=O) groups is 2. The van der Waals surface area contributed by atoms with Crippen molar-refractivity contribution < 1.29 is 14.7 Å². The summed E-state index contributed by atoms with van der Waals surface area (Å²) in [4.78, 5) is 23.7. The predicted molar refractivity (Wildman–Crippen MR) is 95.5 cm³/mol. The first-order chi connectivity index (χ1) is 12.1. The van der Waals surface area contributed by atoms with Crippen molar-refractivity contribution in [2.45, 2.75) is 39.7 Å². The van der Waals surface area contributed by atoms with Crippen molar-refractivity contribution in [1.82, 2.24) is 15.1 Å². The summed E-state index contributed by atoms with van der Waals surface area (Å²) in [5, 5.41) is 16.3. The monoisotopic (exact) mass is 343 g/mol. The van der Waals surface area contributed by atoms with Crippen LogP contribution >= 0.6 is 0 Å². The average molecular weight is 343 g/mol. The van der Waals surface area contributed by atoms with Gasteiger partial charge in [0, 0.05) is 6.54 Å². The Morgan fingerprint density at radius 2 is 1.96 bits per heavy atom. The van der Waals surface area contributed by atoms with Gasteiger partial charge in [-0.15, -0.1) is 0 Å². The van der Waals surface area contributed by atoms with Gasteiger partial charge in [-0.2, -0.15) is 5.10 Å². The number of carboxylic acids is 1. The zero-order chi connectivity index (χ0) is 18.2. The third-order valence-electron chi connectivity index (χ3n) is 4.20. The van der Waals surface area contributed by atoms with Crippen LogP contribution in [-0.4, -0.2) is 33.3 Å². The molecule has 1 amide bonds. The molecule has 0 aliphatic heterocycles. The summed E-state index contributed by atoms with van der Waals surface area (Å²) in [5.41, 5.74) is 2.48. The lowest BCUT2D eigenvalue weighted by Crippen LogP contribution is -2.33. The quantitative estimate of drug-likeness (QED) is 0.733. The summed E-state index contributed by atoms with van der Waals surface area (Å²) in [6.07, 6.45) is 3.55. The lowest BCUT2D eigenvalue weighted by Gasteiger charge is -2.13. The third kappa shape index (κ3) is 4.92. The molecule has 1 unspecified atom stereocenters. The number of nitrogens with one attached hydrogen (secondary N) is 1. The van der Waals surface area contributed by atoms with Gasteiger partial charge in [0.15, 0.2) is 0 Å². The van der Waals surface area contributed by atoms with Gasteiger partial charge in [0.1, 0.15) is 0 Å². The van der Waals surface area contributed by atoms with Crippen LogP contribution in [0.5, 0.6) is 0 Å². The Kier molecular flexibility index (Phi) is 6.74. The minimum Gasteiger partial charge on any atom is -0.481 e. The molecule has 1 aromatic carbocycles. The Labute approximate surface area is 147 Å². The molecular formula is C19H25N3O3. The smallest absolute Gasteiger partial charge is 0.308 e. The van der Waals surface area contributed by atoms with E-state index in [1.54, 1.807) is 6.20 Å². The van der Waals surface area contributed by atoms with Crippen molar-refractivity contribution in [3.63, 3.8) is 0 Å². The number of benzene rings is 1. The van der Waals surface area contributed by atoms with Crippen molar-refractivity contribution in [2.75, 3.05) is 6.54 Å². The second kappa shape index (κ2) is 9.01. The Morgan fingerprint density at radius 3 is 2.56 bits per heavy atom. The van der Waals surface area contributed by atoms with Crippen molar-refractivity contribution in [3.05, 3.63) is 53.3 Å². The zero-order valence-electron chi connectivity index (χ0n) is 14.7. The van der Waals surface area contributed by atoms with Crippen LogP contribution in [0.2, 0.25) is 0 Å². The molecule has 1 aromatic heterocycles. The molecule has 0 saturated carbocycles. The number of rotatable bonds is 9. The largest absolute Gasteiger partial charge is 0.481 e. The van der Waals surface area contributed by atoms with E-state index in [0.717, 1.165) is 17.7 Å². The molecule has 134 valence electrons. The van der Waals surface area contributed by atoms with Crippen LogP contribution in [-0.2, 0) is 17.8 Å². The molecule has 0 fully saturated rings. The van der Waals surface area contributed by atoms with E-state index in [1.807, 2.05) is 48.9 Å². The van der Waals surface area contributed by atoms with Crippen molar-refractivity contribution in [3.8, 4) is 0 Å². The number of hydrogen-bond donors (Lipinski definition) is 2. The minimum atomic E-state index is -0.877. The molecule has 1 atom stereocenters. The number of aromatic nitrogens is 2. The van der Waals surface area contributed by atoms with Crippen molar-refractivity contribution in [1.29, 1.82) is 0 Å². The molecule has 6 nitrogen and oxygen atoms in total. The maximum atomic E-state index is 12.5.